The minimum Gasteiger partial charge on any atom is -0.507 e. The molecule has 3 rings (SSSR count). The summed E-state index contributed by atoms with van der Waals surface area (Å²) < 4.78 is 0. The monoisotopic (exact) mass is 325 g/mol. The van der Waals surface area contributed by atoms with Crippen LogP contribution >= 0.6 is 11.3 Å². The first kappa shape index (κ1) is 15.2. The topological polar surface area (TPSA) is 70.4 Å². The zero-order valence-electron chi connectivity index (χ0n) is 12.5. The Balaban J connectivity index is 1.83. The van der Waals surface area contributed by atoms with E-state index in [0.717, 1.165) is 10.6 Å². The third kappa shape index (κ3) is 3.24. The highest BCUT2D eigenvalue weighted by atomic mass is 32.1. The fourth-order valence-electron chi connectivity index (χ4n) is 2.39. The maximum Gasteiger partial charge on any atom is 0.176 e. The molecular weight excluding hydrogens is 310 g/mol. The van der Waals surface area contributed by atoms with Crippen LogP contribution in [-0.4, -0.2) is 21.0 Å². The van der Waals surface area contributed by atoms with Crippen molar-refractivity contribution in [1.82, 2.24) is 4.98 Å². The summed E-state index contributed by atoms with van der Waals surface area (Å²) in [5, 5.41) is 22.5. The predicted molar refractivity (Wildman–Crippen MR) is 90.1 cm³/mol. The van der Waals surface area contributed by atoms with Crippen LogP contribution < -0.4 is 0 Å². The molecule has 1 aromatic heterocycles. The average molecular weight is 325 g/mol. The molecule has 116 valence electrons. The first-order valence-electron chi connectivity index (χ1n) is 7.10. The molecule has 2 N–H and O–H groups in total. The summed E-state index contributed by atoms with van der Waals surface area (Å²) in [5.74, 6) is -0.762. The summed E-state index contributed by atoms with van der Waals surface area (Å²) in [6, 6.07) is 12.6. The number of carbonyl (C=O) groups excluding carboxylic acids is 1. The number of rotatable bonds is 4. The number of aromatic hydroxyl groups is 2. The highest BCUT2D eigenvalue weighted by molar-refractivity contribution is 7.13. The molecule has 1 heterocycles. The van der Waals surface area contributed by atoms with Crippen molar-refractivity contribution in [2.75, 3.05) is 0 Å². The van der Waals surface area contributed by atoms with Gasteiger partial charge in [-0.1, -0.05) is 30.3 Å². The largest absolute Gasteiger partial charge is 0.507 e. The van der Waals surface area contributed by atoms with Crippen LogP contribution in [0.4, 0.5) is 0 Å². The maximum absolute atomic E-state index is 12.4. The van der Waals surface area contributed by atoms with E-state index in [2.05, 4.69) is 4.98 Å². The highest BCUT2D eigenvalue weighted by Gasteiger charge is 2.18. The molecule has 0 amide bonds. The summed E-state index contributed by atoms with van der Waals surface area (Å²) in [6.45, 7) is 1.74. The lowest BCUT2D eigenvalue weighted by atomic mass is 10.0. The molecule has 0 aliphatic rings. The van der Waals surface area contributed by atoms with Crippen LogP contribution in [0.5, 0.6) is 11.5 Å². The number of carbonyl (C=O) groups is 1. The summed E-state index contributed by atoms with van der Waals surface area (Å²) in [5.41, 5.74) is 2.26. The standard InChI is InChI=1S/C18H15NO3S/c1-11-7-14(20)17(15(21)8-11)16(22)9-13-10-23-18(19-13)12-5-3-2-4-6-12/h2-8,10,20-21H,9H2,1H3. The Morgan fingerprint density at radius 2 is 1.78 bits per heavy atom. The van der Waals surface area contributed by atoms with Crippen LogP contribution in [0, 0.1) is 6.92 Å². The lowest BCUT2D eigenvalue weighted by molar-refractivity contribution is 0.0987. The number of thiazole rings is 1. The number of aromatic nitrogens is 1. The van der Waals surface area contributed by atoms with Gasteiger partial charge in [-0.25, -0.2) is 4.98 Å². The van der Waals surface area contributed by atoms with Gasteiger partial charge in [0.2, 0.25) is 0 Å². The van der Waals surface area contributed by atoms with E-state index in [-0.39, 0.29) is 29.3 Å². The molecule has 0 spiro atoms. The fraction of sp³-hybridized carbons (Fsp3) is 0.111. The lowest BCUT2D eigenvalue weighted by Crippen LogP contribution is -2.05. The maximum atomic E-state index is 12.4. The second kappa shape index (κ2) is 6.22. The minimum absolute atomic E-state index is 0.0352. The van der Waals surface area contributed by atoms with Crippen molar-refractivity contribution in [3.63, 3.8) is 0 Å². The summed E-state index contributed by atoms with van der Waals surface area (Å²) >= 11 is 1.46. The third-order valence-corrected chi connectivity index (χ3v) is 4.37. The normalized spacial score (nSPS) is 10.7. The number of benzene rings is 2. The zero-order valence-corrected chi connectivity index (χ0v) is 13.3. The Kier molecular flexibility index (Phi) is 4.12. The van der Waals surface area contributed by atoms with Gasteiger partial charge in [0.25, 0.3) is 0 Å². The second-order valence-electron chi connectivity index (χ2n) is 5.29. The van der Waals surface area contributed by atoms with Crippen molar-refractivity contribution in [2.45, 2.75) is 13.3 Å². The lowest BCUT2D eigenvalue weighted by Gasteiger charge is -2.06. The van der Waals surface area contributed by atoms with E-state index < -0.39 is 0 Å². The molecule has 5 heteroatoms. The number of aryl methyl sites for hydroxylation is 1. The summed E-state index contributed by atoms with van der Waals surface area (Å²) in [6.07, 6.45) is 0.0352. The average Bonchev–Trinajstić information content (AvgIpc) is 2.95. The minimum atomic E-state index is -0.357. The molecule has 0 fully saturated rings. The van der Waals surface area contributed by atoms with Crippen LogP contribution in [0.3, 0.4) is 0 Å². The number of phenols is 2. The van der Waals surface area contributed by atoms with Crippen LogP contribution in [0.25, 0.3) is 10.6 Å². The fourth-order valence-corrected chi connectivity index (χ4v) is 3.21. The van der Waals surface area contributed by atoms with Crippen molar-refractivity contribution < 1.29 is 15.0 Å². The smallest absolute Gasteiger partial charge is 0.176 e. The number of phenolic OH excluding ortho intramolecular Hbond substituents is 2. The van der Waals surface area contributed by atoms with Crippen molar-refractivity contribution in [1.29, 1.82) is 0 Å². The van der Waals surface area contributed by atoms with Crippen LogP contribution in [0.15, 0.2) is 47.8 Å². The third-order valence-electron chi connectivity index (χ3n) is 3.43. The van der Waals surface area contributed by atoms with Gasteiger partial charge in [-0.3, -0.25) is 4.79 Å². The number of ketones is 1. The van der Waals surface area contributed by atoms with Crippen molar-refractivity contribution >= 4 is 17.1 Å². The van der Waals surface area contributed by atoms with Crippen molar-refractivity contribution in [3.05, 3.63) is 64.7 Å². The molecule has 0 aliphatic heterocycles. The van der Waals surface area contributed by atoms with Gasteiger partial charge in [0.05, 0.1) is 12.1 Å². The van der Waals surface area contributed by atoms with E-state index in [0.29, 0.717) is 11.3 Å². The van der Waals surface area contributed by atoms with Crippen LogP contribution in [0.1, 0.15) is 21.6 Å². The molecule has 4 nitrogen and oxygen atoms in total. The highest BCUT2D eigenvalue weighted by Crippen LogP contribution is 2.30. The molecule has 23 heavy (non-hydrogen) atoms. The van der Waals surface area contributed by atoms with E-state index in [1.807, 2.05) is 35.7 Å². The van der Waals surface area contributed by atoms with Gasteiger partial charge >= 0.3 is 0 Å². The molecule has 2 aromatic carbocycles. The molecule has 0 saturated carbocycles. The van der Waals surface area contributed by atoms with Gasteiger partial charge in [0.1, 0.15) is 22.1 Å². The van der Waals surface area contributed by atoms with Gasteiger partial charge in [-0.2, -0.15) is 0 Å². The number of nitrogens with zero attached hydrogens (tertiary/aromatic N) is 1. The Bertz CT molecular complexity index is 833. The Labute approximate surface area is 137 Å². The van der Waals surface area contributed by atoms with Gasteiger partial charge < -0.3 is 10.2 Å². The molecule has 0 aliphatic carbocycles. The number of hydrogen-bond acceptors (Lipinski definition) is 5. The van der Waals surface area contributed by atoms with E-state index in [9.17, 15) is 15.0 Å². The second-order valence-corrected chi connectivity index (χ2v) is 6.15. The number of Topliss-reactive ketones (excluding diaryl/α,β-unsaturated/α-hetero) is 1. The van der Waals surface area contributed by atoms with E-state index in [1.165, 1.54) is 23.5 Å². The van der Waals surface area contributed by atoms with Crippen molar-refractivity contribution in [3.8, 4) is 22.1 Å². The number of hydrogen-bond donors (Lipinski definition) is 2. The quantitative estimate of drug-likeness (QED) is 0.712. The molecule has 3 aromatic rings. The van der Waals surface area contributed by atoms with Gasteiger partial charge in [0.15, 0.2) is 5.78 Å². The van der Waals surface area contributed by atoms with Crippen LogP contribution in [0.2, 0.25) is 0 Å². The molecular formula is C18H15NO3S. The SMILES string of the molecule is Cc1cc(O)c(C(=O)Cc2csc(-c3ccccc3)n2)c(O)c1. The Hall–Kier alpha value is -2.66. The van der Waals surface area contributed by atoms with E-state index in [4.69, 9.17) is 0 Å². The van der Waals surface area contributed by atoms with Crippen molar-refractivity contribution in [2.24, 2.45) is 0 Å². The van der Waals surface area contributed by atoms with Gasteiger partial charge in [-0.15, -0.1) is 11.3 Å². The van der Waals surface area contributed by atoms with E-state index in [1.54, 1.807) is 6.92 Å². The van der Waals surface area contributed by atoms with E-state index >= 15 is 0 Å². The zero-order chi connectivity index (χ0) is 16.4. The first-order valence-corrected chi connectivity index (χ1v) is 7.98. The Morgan fingerprint density at radius 1 is 1.13 bits per heavy atom. The summed E-state index contributed by atoms with van der Waals surface area (Å²) in [4.78, 5) is 16.8. The molecule has 0 saturated heterocycles. The molecule has 0 bridgehead atoms. The van der Waals surface area contributed by atoms with Crippen LogP contribution in [-0.2, 0) is 6.42 Å². The molecule has 0 radical (unpaired) electrons. The Morgan fingerprint density at radius 3 is 2.43 bits per heavy atom. The summed E-state index contributed by atoms with van der Waals surface area (Å²) in [7, 11) is 0. The van der Waals surface area contributed by atoms with Gasteiger partial charge in [-0.05, 0) is 24.6 Å². The molecule has 0 atom stereocenters. The molecule has 0 unspecified atom stereocenters. The predicted octanol–water partition coefficient (Wildman–Crippen LogP) is 3.96. The van der Waals surface area contributed by atoms with Gasteiger partial charge in [0, 0.05) is 10.9 Å². The first-order chi connectivity index (χ1) is 11.0.